The normalized spacial score (nSPS) is 17.0. The van der Waals surface area contributed by atoms with Crippen molar-refractivity contribution < 1.29 is 18.0 Å². The number of hydrogen-bond acceptors (Lipinski definition) is 5. The second-order valence-electron chi connectivity index (χ2n) is 8.15. The fourth-order valence-electron chi connectivity index (χ4n) is 4.07. The first kappa shape index (κ1) is 22.2. The molecule has 2 fully saturated rings. The van der Waals surface area contributed by atoms with Crippen LogP contribution < -0.4 is 10.9 Å². The highest BCUT2D eigenvalue weighted by Gasteiger charge is 2.27. The first-order chi connectivity index (χ1) is 15.3. The molecule has 1 aromatic heterocycles. The number of carbonyl (C=O) groups excluding carboxylic acids is 2. The Morgan fingerprint density at radius 2 is 1.50 bits per heavy atom. The summed E-state index contributed by atoms with van der Waals surface area (Å²) in [7, 11) is -2.05. The summed E-state index contributed by atoms with van der Waals surface area (Å²) in [5.41, 5.74) is 0.0981. The van der Waals surface area contributed by atoms with Crippen molar-refractivity contribution in [1.29, 1.82) is 0 Å². The Labute approximate surface area is 186 Å². The number of rotatable bonds is 5. The van der Waals surface area contributed by atoms with Gasteiger partial charge in [-0.1, -0.05) is 0 Å². The zero-order valence-electron chi connectivity index (χ0n) is 17.9. The minimum absolute atomic E-state index is 0.00342. The first-order valence-corrected chi connectivity index (χ1v) is 12.1. The average molecular weight is 459 g/mol. The van der Waals surface area contributed by atoms with Gasteiger partial charge in [-0.05, 0) is 56.0 Å². The molecule has 9 nitrogen and oxygen atoms in total. The van der Waals surface area contributed by atoms with Crippen molar-refractivity contribution in [2.24, 2.45) is 7.05 Å². The molecule has 2 aliphatic rings. The number of sulfonamides is 1. The van der Waals surface area contributed by atoms with Gasteiger partial charge in [-0.15, -0.1) is 0 Å². The van der Waals surface area contributed by atoms with E-state index in [1.807, 2.05) is 0 Å². The van der Waals surface area contributed by atoms with Crippen LogP contribution >= 0.6 is 0 Å². The molecule has 2 saturated heterocycles. The lowest BCUT2D eigenvalue weighted by Gasteiger charge is -2.17. The highest BCUT2D eigenvalue weighted by atomic mass is 32.2. The summed E-state index contributed by atoms with van der Waals surface area (Å²) >= 11 is 0. The molecule has 0 saturated carbocycles. The van der Waals surface area contributed by atoms with E-state index in [4.69, 9.17) is 0 Å². The quantitative estimate of drug-likeness (QED) is 0.733. The van der Waals surface area contributed by atoms with E-state index in [0.29, 0.717) is 31.7 Å². The minimum atomic E-state index is -3.57. The van der Waals surface area contributed by atoms with Gasteiger partial charge in [0.25, 0.3) is 17.4 Å². The Balaban J connectivity index is 1.53. The second-order valence-corrected chi connectivity index (χ2v) is 10.1. The van der Waals surface area contributed by atoms with Gasteiger partial charge >= 0.3 is 0 Å². The fraction of sp³-hybridized carbons (Fsp3) is 0.409. The number of hydrogen-bond donors (Lipinski definition) is 1. The molecular weight excluding hydrogens is 432 g/mol. The van der Waals surface area contributed by atoms with E-state index in [1.54, 1.807) is 4.90 Å². The Kier molecular flexibility index (Phi) is 6.16. The molecule has 0 bridgehead atoms. The first-order valence-electron chi connectivity index (χ1n) is 10.7. The van der Waals surface area contributed by atoms with Crippen molar-refractivity contribution in [2.45, 2.75) is 30.6 Å². The van der Waals surface area contributed by atoms with E-state index in [-0.39, 0.29) is 22.1 Å². The summed E-state index contributed by atoms with van der Waals surface area (Å²) in [6.45, 7) is 2.35. The van der Waals surface area contributed by atoms with Gasteiger partial charge in [-0.25, -0.2) is 8.42 Å². The summed E-state index contributed by atoms with van der Waals surface area (Å²) in [6.07, 6.45) is 5.05. The summed E-state index contributed by atoms with van der Waals surface area (Å²) in [4.78, 5) is 39.8. The van der Waals surface area contributed by atoms with Gasteiger partial charge in [0, 0.05) is 45.0 Å². The number of nitrogens with zero attached hydrogens (tertiary/aromatic N) is 3. The number of amides is 2. The van der Waals surface area contributed by atoms with Crippen LogP contribution in [0, 0.1) is 0 Å². The van der Waals surface area contributed by atoms with E-state index in [2.05, 4.69) is 5.32 Å². The van der Waals surface area contributed by atoms with Gasteiger partial charge in [-0.3, -0.25) is 14.4 Å². The zero-order valence-corrected chi connectivity index (χ0v) is 18.7. The molecule has 1 N–H and O–H groups in total. The van der Waals surface area contributed by atoms with Crippen molar-refractivity contribution in [3.8, 4) is 0 Å². The third-order valence-electron chi connectivity index (χ3n) is 5.89. The van der Waals surface area contributed by atoms with Crippen LogP contribution in [0.4, 0.5) is 5.69 Å². The Morgan fingerprint density at radius 3 is 2.12 bits per heavy atom. The van der Waals surface area contributed by atoms with Crippen molar-refractivity contribution in [2.75, 3.05) is 31.5 Å². The number of benzene rings is 1. The van der Waals surface area contributed by atoms with Gasteiger partial charge < -0.3 is 14.8 Å². The standard InChI is InChI=1S/C22H26N4O5S/c1-24-15-17(21(28)25-10-2-3-11-25)14-19(22(24)29)23-20(27)16-6-8-18(9-7-16)32(30,31)26-12-4-5-13-26/h6-9,14-15H,2-5,10-13H2,1H3,(H,23,27). The third kappa shape index (κ3) is 4.33. The number of aryl methyl sites for hydroxylation is 1. The monoisotopic (exact) mass is 458 g/mol. The minimum Gasteiger partial charge on any atom is -0.339 e. The SMILES string of the molecule is Cn1cc(C(=O)N2CCCC2)cc(NC(=O)c2ccc(S(=O)(=O)N3CCCC3)cc2)c1=O. The van der Waals surface area contributed by atoms with E-state index in [0.717, 1.165) is 25.7 Å². The summed E-state index contributed by atoms with van der Waals surface area (Å²) < 4.78 is 28.0. The maximum atomic E-state index is 12.7. The van der Waals surface area contributed by atoms with E-state index < -0.39 is 21.5 Å². The zero-order chi connectivity index (χ0) is 22.9. The van der Waals surface area contributed by atoms with E-state index in [1.165, 1.54) is 52.4 Å². The van der Waals surface area contributed by atoms with Crippen molar-refractivity contribution in [3.05, 3.63) is 58.0 Å². The Bertz CT molecular complexity index is 1190. The molecule has 3 heterocycles. The average Bonchev–Trinajstić information content (AvgIpc) is 3.51. The van der Waals surface area contributed by atoms with Crippen LogP contribution in [0.3, 0.4) is 0 Å². The summed E-state index contributed by atoms with van der Waals surface area (Å²) in [5, 5.41) is 2.56. The third-order valence-corrected chi connectivity index (χ3v) is 7.80. The second kappa shape index (κ2) is 8.87. The summed E-state index contributed by atoms with van der Waals surface area (Å²) in [5.74, 6) is -0.733. The molecule has 0 unspecified atom stereocenters. The van der Waals surface area contributed by atoms with Gasteiger partial charge in [0.1, 0.15) is 5.69 Å². The largest absolute Gasteiger partial charge is 0.339 e. The molecule has 2 aliphatic heterocycles. The van der Waals surface area contributed by atoms with Gasteiger partial charge in [0.15, 0.2) is 0 Å². The van der Waals surface area contributed by atoms with Crippen LogP contribution in [0.5, 0.6) is 0 Å². The topological polar surface area (TPSA) is 109 Å². The highest BCUT2D eigenvalue weighted by molar-refractivity contribution is 7.89. The van der Waals surface area contributed by atoms with E-state index >= 15 is 0 Å². The number of pyridine rings is 1. The smallest absolute Gasteiger partial charge is 0.274 e. The summed E-state index contributed by atoms with van der Waals surface area (Å²) in [6, 6.07) is 7.03. The van der Waals surface area contributed by atoms with Crippen LogP contribution in [0.25, 0.3) is 0 Å². The molecule has 0 radical (unpaired) electrons. The van der Waals surface area contributed by atoms with Crippen molar-refractivity contribution >= 4 is 27.5 Å². The Hall–Kier alpha value is -2.98. The van der Waals surface area contributed by atoms with Crippen LogP contribution in [0.1, 0.15) is 46.4 Å². The molecule has 2 amide bonds. The molecule has 2 aromatic rings. The lowest BCUT2D eigenvalue weighted by atomic mass is 10.2. The Morgan fingerprint density at radius 1 is 0.906 bits per heavy atom. The number of nitrogens with one attached hydrogen (secondary N) is 1. The molecule has 1 aromatic carbocycles. The number of carbonyl (C=O) groups is 2. The molecule has 4 rings (SSSR count). The fourth-order valence-corrected chi connectivity index (χ4v) is 5.59. The molecule has 0 atom stereocenters. The van der Waals surface area contributed by atoms with Gasteiger partial charge in [0.2, 0.25) is 10.0 Å². The molecule has 32 heavy (non-hydrogen) atoms. The van der Waals surface area contributed by atoms with Crippen molar-refractivity contribution in [3.63, 3.8) is 0 Å². The number of likely N-dealkylation sites (tertiary alicyclic amines) is 1. The predicted octanol–water partition coefficient (Wildman–Crippen LogP) is 1.66. The van der Waals surface area contributed by atoms with Gasteiger partial charge in [-0.2, -0.15) is 4.31 Å². The lowest BCUT2D eigenvalue weighted by molar-refractivity contribution is 0.0791. The molecular formula is C22H26N4O5S. The van der Waals surface area contributed by atoms with Crippen molar-refractivity contribution in [1.82, 2.24) is 13.8 Å². The van der Waals surface area contributed by atoms with E-state index in [9.17, 15) is 22.8 Å². The number of aromatic nitrogens is 1. The molecule has 10 heteroatoms. The van der Waals surface area contributed by atoms with Crippen LogP contribution in [-0.4, -0.2) is 60.2 Å². The predicted molar refractivity (Wildman–Crippen MR) is 119 cm³/mol. The van der Waals surface area contributed by atoms with Crippen LogP contribution in [-0.2, 0) is 17.1 Å². The molecule has 0 aliphatic carbocycles. The molecule has 170 valence electrons. The van der Waals surface area contributed by atoms with Crippen LogP contribution in [0.2, 0.25) is 0 Å². The lowest BCUT2D eigenvalue weighted by Crippen LogP contribution is -2.31. The highest BCUT2D eigenvalue weighted by Crippen LogP contribution is 2.21. The maximum Gasteiger partial charge on any atom is 0.274 e. The van der Waals surface area contributed by atoms with Gasteiger partial charge in [0.05, 0.1) is 10.5 Å². The number of anilines is 1. The maximum absolute atomic E-state index is 12.7. The molecule has 0 spiro atoms. The van der Waals surface area contributed by atoms with Crippen LogP contribution in [0.15, 0.2) is 46.2 Å².